The molecule has 0 spiro atoms. The van der Waals surface area contributed by atoms with Crippen LogP contribution in [0, 0.1) is 0 Å². The molecule has 1 aromatic carbocycles. The van der Waals surface area contributed by atoms with Crippen LogP contribution in [0.3, 0.4) is 0 Å². The number of anilines is 2. The van der Waals surface area contributed by atoms with Crippen molar-refractivity contribution in [3.05, 3.63) is 53.3 Å². The first kappa shape index (κ1) is 19.9. The first-order valence-electron chi connectivity index (χ1n) is 9.32. The topological polar surface area (TPSA) is 77.9 Å². The van der Waals surface area contributed by atoms with E-state index in [1.807, 2.05) is 4.90 Å². The second kappa shape index (κ2) is 7.77. The predicted octanol–water partition coefficient (Wildman–Crippen LogP) is 2.32. The van der Waals surface area contributed by atoms with Gasteiger partial charge in [-0.3, -0.25) is 19.6 Å². The number of hydrogen-bond acceptors (Lipinski definition) is 5. The maximum Gasteiger partial charge on any atom is 0.416 e. The Bertz CT molecular complexity index is 996. The van der Waals surface area contributed by atoms with Crippen LogP contribution in [0.25, 0.3) is 0 Å². The number of alkyl halides is 3. The molecule has 0 aliphatic carbocycles. The standard InChI is InChI=1S/C20H18F3N5O2/c21-20(22,23)14-1-3-16(4-2-14)27-5-7-28(8-6-27)19(30)18(29)26-15-9-13-10-24-12-17(13)25-11-15/h1-4,9-11H,5-8,12H2,(H,26,29). The van der Waals surface area contributed by atoms with Crippen molar-refractivity contribution in [1.82, 2.24) is 9.88 Å². The summed E-state index contributed by atoms with van der Waals surface area (Å²) in [5, 5.41) is 2.56. The van der Waals surface area contributed by atoms with Gasteiger partial charge in [-0.25, -0.2) is 0 Å². The number of aromatic nitrogens is 1. The van der Waals surface area contributed by atoms with E-state index in [2.05, 4.69) is 15.3 Å². The number of carbonyl (C=O) groups excluding carboxylic acids is 2. The summed E-state index contributed by atoms with van der Waals surface area (Å²) in [6, 6.07) is 6.62. The fourth-order valence-corrected chi connectivity index (χ4v) is 3.41. The molecule has 156 valence electrons. The Morgan fingerprint density at radius 2 is 1.73 bits per heavy atom. The van der Waals surface area contributed by atoms with Crippen LogP contribution in [0.5, 0.6) is 0 Å². The van der Waals surface area contributed by atoms with Crippen molar-refractivity contribution < 1.29 is 22.8 Å². The van der Waals surface area contributed by atoms with Crippen LogP contribution in [0.1, 0.15) is 16.8 Å². The molecule has 4 rings (SSSR count). The van der Waals surface area contributed by atoms with E-state index in [0.717, 1.165) is 23.4 Å². The third-order valence-electron chi connectivity index (χ3n) is 5.05. The second-order valence-electron chi connectivity index (χ2n) is 7.01. The van der Waals surface area contributed by atoms with Gasteiger partial charge in [-0.15, -0.1) is 0 Å². The molecule has 7 nitrogen and oxygen atoms in total. The Labute approximate surface area is 170 Å². The van der Waals surface area contributed by atoms with Crippen LogP contribution in [0.15, 0.2) is 41.5 Å². The molecule has 2 aromatic rings. The summed E-state index contributed by atoms with van der Waals surface area (Å²) in [7, 11) is 0. The van der Waals surface area contributed by atoms with Crippen LogP contribution in [0.4, 0.5) is 24.5 Å². The summed E-state index contributed by atoms with van der Waals surface area (Å²) in [5.41, 5.74) is 1.99. The number of carbonyl (C=O) groups is 2. The largest absolute Gasteiger partial charge is 0.416 e. The average Bonchev–Trinajstić information content (AvgIpc) is 3.21. The Balaban J connectivity index is 1.32. The maximum absolute atomic E-state index is 12.7. The van der Waals surface area contributed by atoms with Crippen molar-refractivity contribution in [2.45, 2.75) is 12.7 Å². The Kier molecular flexibility index (Phi) is 5.15. The smallest absolute Gasteiger partial charge is 0.368 e. The highest BCUT2D eigenvalue weighted by molar-refractivity contribution is 6.39. The minimum absolute atomic E-state index is 0.294. The average molecular weight is 417 g/mol. The molecule has 2 aliphatic rings. The minimum atomic E-state index is -4.38. The first-order chi connectivity index (χ1) is 14.3. The van der Waals surface area contributed by atoms with E-state index in [-0.39, 0.29) is 0 Å². The number of fused-ring (bicyclic) bond motifs is 1. The van der Waals surface area contributed by atoms with E-state index in [1.54, 1.807) is 12.3 Å². The SMILES string of the molecule is O=C(Nc1cnc2c(c1)C=NC2)C(=O)N1CCN(c2ccc(C(F)(F)F)cc2)CC1. The number of amides is 2. The van der Waals surface area contributed by atoms with Gasteiger partial charge in [-0.2, -0.15) is 13.2 Å². The lowest BCUT2D eigenvalue weighted by molar-refractivity contribution is -0.143. The lowest BCUT2D eigenvalue weighted by Crippen LogP contribution is -2.51. The van der Waals surface area contributed by atoms with Gasteiger partial charge < -0.3 is 15.1 Å². The number of piperazine rings is 1. The fraction of sp³-hybridized carbons (Fsp3) is 0.300. The monoisotopic (exact) mass is 417 g/mol. The molecule has 30 heavy (non-hydrogen) atoms. The van der Waals surface area contributed by atoms with E-state index in [4.69, 9.17) is 0 Å². The van der Waals surface area contributed by atoms with Crippen molar-refractivity contribution in [1.29, 1.82) is 0 Å². The number of hydrogen-bond donors (Lipinski definition) is 1. The summed E-state index contributed by atoms with van der Waals surface area (Å²) in [6.45, 7) is 1.93. The molecule has 10 heteroatoms. The quantitative estimate of drug-likeness (QED) is 0.761. The van der Waals surface area contributed by atoms with Crippen LogP contribution in [-0.4, -0.2) is 54.1 Å². The summed E-state index contributed by atoms with van der Waals surface area (Å²) >= 11 is 0. The van der Waals surface area contributed by atoms with Crippen LogP contribution in [-0.2, 0) is 22.3 Å². The molecular formula is C20H18F3N5O2. The Hall–Kier alpha value is -3.43. The first-order valence-corrected chi connectivity index (χ1v) is 9.32. The van der Waals surface area contributed by atoms with Gasteiger partial charge in [0.2, 0.25) is 0 Å². The highest BCUT2D eigenvalue weighted by Gasteiger charge is 2.31. The van der Waals surface area contributed by atoms with Gasteiger partial charge >= 0.3 is 18.0 Å². The summed E-state index contributed by atoms with van der Waals surface area (Å²) in [6.07, 6.45) is -1.22. The lowest BCUT2D eigenvalue weighted by atomic mass is 10.1. The molecular weight excluding hydrogens is 399 g/mol. The number of nitrogens with zero attached hydrogens (tertiary/aromatic N) is 4. The molecule has 0 saturated carbocycles. The van der Waals surface area contributed by atoms with Gasteiger partial charge in [-0.05, 0) is 30.3 Å². The molecule has 1 aromatic heterocycles. The molecule has 0 radical (unpaired) electrons. The summed E-state index contributed by atoms with van der Waals surface area (Å²) in [5.74, 6) is -1.41. The molecule has 0 bridgehead atoms. The van der Waals surface area contributed by atoms with Crippen molar-refractivity contribution in [2.75, 3.05) is 36.4 Å². The van der Waals surface area contributed by atoms with Crippen molar-refractivity contribution in [2.24, 2.45) is 4.99 Å². The normalized spacial score (nSPS) is 15.8. The Morgan fingerprint density at radius 3 is 2.40 bits per heavy atom. The van der Waals surface area contributed by atoms with Crippen molar-refractivity contribution in [3.63, 3.8) is 0 Å². The van der Waals surface area contributed by atoms with Gasteiger partial charge in [0.1, 0.15) is 0 Å². The molecule has 1 saturated heterocycles. The van der Waals surface area contributed by atoms with Crippen LogP contribution >= 0.6 is 0 Å². The van der Waals surface area contributed by atoms with Gasteiger partial charge in [0.05, 0.1) is 29.7 Å². The zero-order chi connectivity index (χ0) is 21.3. The van der Waals surface area contributed by atoms with Crippen LogP contribution < -0.4 is 10.2 Å². The minimum Gasteiger partial charge on any atom is -0.368 e. The number of rotatable bonds is 2. The molecule has 0 atom stereocenters. The van der Waals surface area contributed by atoms with E-state index >= 15 is 0 Å². The maximum atomic E-state index is 12.7. The summed E-state index contributed by atoms with van der Waals surface area (Å²) < 4.78 is 38.1. The highest BCUT2D eigenvalue weighted by Crippen LogP contribution is 2.30. The van der Waals surface area contributed by atoms with Gasteiger partial charge in [0.25, 0.3) is 0 Å². The van der Waals surface area contributed by atoms with E-state index in [1.165, 1.54) is 23.2 Å². The molecule has 1 fully saturated rings. The lowest BCUT2D eigenvalue weighted by Gasteiger charge is -2.35. The number of halogens is 3. The molecule has 2 aliphatic heterocycles. The van der Waals surface area contributed by atoms with Gasteiger partial charge in [0, 0.05) is 43.6 Å². The molecule has 1 N–H and O–H groups in total. The molecule has 0 unspecified atom stereocenters. The van der Waals surface area contributed by atoms with E-state index in [0.29, 0.717) is 44.1 Å². The number of benzene rings is 1. The van der Waals surface area contributed by atoms with Gasteiger partial charge in [-0.1, -0.05) is 0 Å². The van der Waals surface area contributed by atoms with Crippen molar-refractivity contribution >= 4 is 29.4 Å². The number of aliphatic imine (C=N–C) groups is 1. The predicted molar refractivity (Wildman–Crippen MR) is 104 cm³/mol. The second-order valence-corrected chi connectivity index (χ2v) is 7.01. The van der Waals surface area contributed by atoms with E-state index < -0.39 is 23.6 Å². The number of nitrogens with one attached hydrogen (secondary N) is 1. The molecule has 2 amide bonds. The van der Waals surface area contributed by atoms with Crippen LogP contribution in [0.2, 0.25) is 0 Å². The highest BCUT2D eigenvalue weighted by atomic mass is 19.4. The third kappa shape index (κ3) is 4.12. The van der Waals surface area contributed by atoms with Gasteiger partial charge in [0.15, 0.2) is 0 Å². The zero-order valence-corrected chi connectivity index (χ0v) is 15.8. The zero-order valence-electron chi connectivity index (χ0n) is 15.8. The van der Waals surface area contributed by atoms with E-state index in [9.17, 15) is 22.8 Å². The number of pyridine rings is 1. The molecule has 3 heterocycles. The Morgan fingerprint density at radius 1 is 1.03 bits per heavy atom. The summed E-state index contributed by atoms with van der Waals surface area (Å²) in [4.78, 5) is 36.4. The van der Waals surface area contributed by atoms with Crippen molar-refractivity contribution in [3.8, 4) is 0 Å². The third-order valence-corrected chi connectivity index (χ3v) is 5.05. The fourth-order valence-electron chi connectivity index (χ4n) is 3.41.